The van der Waals surface area contributed by atoms with Crippen LogP contribution in [0.5, 0.6) is 23.0 Å². The molecule has 0 N–H and O–H groups in total. The minimum atomic E-state index is -0.446. The number of hydrogen-bond donors (Lipinski definition) is 0. The Kier molecular flexibility index (Phi) is 8.35. The standard InChI is InChI=1S/C30H26O6/c1-3-17-32-26-11-5-22(6-12-26)21-34-36-29-16-10-24-19-28(15-9-25(24)20-29)35-30(31)23-7-13-27(14-8-23)33-18-4-2/h3-16,19-20H,1-2,17-18,21H2. The fourth-order valence-corrected chi connectivity index (χ4v) is 3.33. The lowest BCUT2D eigenvalue weighted by Gasteiger charge is -2.09. The zero-order valence-corrected chi connectivity index (χ0v) is 19.7. The van der Waals surface area contributed by atoms with Crippen molar-refractivity contribution in [3.8, 4) is 23.0 Å². The Bertz CT molecular complexity index is 1330. The molecule has 0 heterocycles. The average molecular weight is 483 g/mol. The van der Waals surface area contributed by atoms with Gasteiger partial charge in [0.2, 0.25) is 0 Å². The van der Waals surface area contributed by atoms with Crippen molar-refractivity contribution in [1.29, 1.82) is 0 Å². The fraction of sp³-hybridized carbons (Fsp3) is 0.100. The monoisotopic (exact) mass is 482 g/mol. The molecule has 0 bridgehead atoms. The SMILES string of the molecule is C=CCOc1ccc(COOc2ccc3cc(OC(=O)c4ccc(OCC=C)cc4)ccc3c2)cc1. The Hall–Kier alpha value is -4.55. The maximum Gasteiger partial charge on any atom is 0.343 e. The van der Waals surface area contributed by atoms with Gasteiger partial charge in [-0.1, -0.05) is 49.6 Å². The second-order valence-corrected chi connectivity index (χ2v) is 7.77. The van der Waals surface area contributed by atoms with E-state index in [-0.39, 0.29) is 6.61 Å². The maximum absolute atomic E-state index is 12.5. The second-order valence-electron chi connectivity index (χ2n) is 7.77. The summed E-state index contributed by atoms with van der Waals surface area (Å²) in [7, 11) is 0. The fourth-order valence-electron chi connectivity index (χ4n) is 3.33. The second kappa shape index (κ2) is 12.2. The van der Waals surface area contributed by atoms with Crippen LogP contribution in [-0.2, 0) is 11.5 Å². The zero-order valence-electron chi connectivity index (χ0n) is 19.7. The molecule has 6 heteroatoms. The summed E-state index contributed by atoms with van der Waals surface area (Å²) in [6, 6.07) is 25.3. The van der Waals surface area contributed by atoms with Gasteiger partial charge in [0.15, 0.2) is 5.75 Å². The largest absolute Gasteiger partial charge is 0.490 e. The van der Waals surface area contributed by atoms with Gasteiger partial charge in [-0.25, -0.2) is 4.79 Å². The van der Waals surface area contributed by atoms with Crippen LogP contribution in [0.15, 0.2) is 110 Å². The molecule has 0 aliphatic carbocycles. The van der Waals surface area contributed by atoms with Crippen molar-refractivity contribution in [3.05, 3.63) is 121 Å². The molecule has 0 atom stereocenters. The molecule has 6 nitrogen and oxygen atoms in total. The van der Waals surface area contributed by atoms with Crippen molar-refractivity contribution < 1.29 is 28.8 Å². The van der Waals surface area contributed by atoms with Crippen LogP contribution < -0.4 is 19.1 Å². The Morgan fingerprint density at radius 3 is 1.81 bits per heavy atom. The van der Waals surface area contributed by atoms with E-state index in [2.05, 4.69) is 13.2 Å². The molecular weight excluding hydrogens is 456 g/mol. The van der Waals surface area contributed by atoms with Gasteiger partial charge in [0.05, 0.1) is 5.56 Å². The van der Waals surface area contributed by atoms with Crippen LogP contribution in [-0.4, -0.2) is 19.2 Å². The smallest absolute Gasteiger partial charge is 0.343 e. The van der Waals surface area contributed by atoms with E-state index in [1.165, 1.54) is 0 Å². The third-order valence-corrected chi connectivity index (χ3v) is 5.12. The number of esters is 1. The predicted octanol–water partition coefficient (Wildman–Crippen LogP) is 6.70. The normalized spacial score (nSPS) is 10.4. The molecule has 4 aromatic rings. The molecule has 0 aliphatic heterocycles. The van der Waals surface area contributed by atoms with Crippen LogP contribution in [0.1, 0.15) is 15.9 Å². The van der Waals surface area contributed by atoms with E-state index in [1.54, 1.807) is 54.6 Å². The first kappa shape index (κ1) is 24.6. The number of carbonyl (C=O) groups excluding carboxylic acids is 1. The highest BCUT2D eigenvalue weighted by molar-refractivity contribution is 5.92. The summed E-state index contributed by atoms with van der Waals surface area (Å²) in [5.74, 6) is 2.00. The predicted molar refractivity (Wildman–Crippen MR) is 139 cm³/mol. The number of carbonyl (C=O) groups is 1. The van der Waals surface area contributed by atoms with Gasteiger partial charge in [-0.15, -0.1) is 0 Å². The Morgan fingerprint density at radius 2 is 1.19 bits per heavy atom. The highest BCUT2D eigenvalue weighted by Crippen LogP contribution is 2.26. The Morgan fingerprint density at radius 1 is 0.667 bits per heavy atom. The molecular formula is C30H26O6. The van der Waals surface area contributed by atoms with Crippen molar-refractivity contribution in [2.24, 2.45) is 0 Å². The molecule has 4 rings (SSSR count). The molecule has 0 saturated carbocycles. The Balaban J connectivity index is 1.31. The van der Waals surface area contributed by atoms with Gasteiger partial charge in [-0.05, 0) is 77.0 Å². The van der Waals surface area contributed by atoms with Crippen molar-refractivity contribution in [3.63, 3.8) is 0 Å². The summed E-state index contributed by atoms with van der Waals surface area (Å²) >= 11 is 0. The summed E-state index contributed by atoms with van der Waals surface area (Å²) in [6.07, 6.45) is 3.36. The first-order chi connectivity index (χ1) is 17.6. The highest BCUT2D eigenvalue weighted by Gasteiger charge is 2.10. The maximum atomic E-state index is 12.5. The van der Waals surface area contributed by atoms with E-state index in [9.17, 15) is 4.79 Å². The summed E-state index contributed by atoms with van der Waals surface area (Å²) in [5.41, 5.74) is 1.38. The van der Waals surface area contributed by atoms with E-state index < -0.39 is 5.97 Å². The quantitative estimate of drug-likeness (QED) is 0.0736. The highest BCUT2D eigenvalue weighted by atomic mass is 17.2. The van der Waals surface area contributed by atoms with Gasteiger partial charge in [0.25, 0.3) is 0 Å². The molecule has 0 aromatic heterocycles. The minimum Gasteiger partial charge on any atom is -0.490 e. The van der Waals surface area contributed by atoms with E-state index in [0.717, 1.165) is 22.1 Å². The molecule has 0 radical (unpaired) electrons. The topological polar surface area (TPSA) is 63.2 Å². The molecule has 0 amide bonds. The van der Waals surface area contributed by atoms with Crippen molar-refractivity contribution in [2.75, 3.05) is 13.2 Å². The van der Waals surface area contributed by atoms with E-state index in [1.807, 2.05) is 42.5 Å². The summed E-state index contributed by atoms with van der Waals surface area (Å²) in [4.78, 5) is 23.3. The van der Waals surface area contributed by atoms with Gasteiger partial charge in [0, 0.05) is 0 Å². The van der Waals surface area contributed by atoms with Crippen LogP contribution in [0.3, 0.4) is 0 Å². The molecule has 0 spiro atoms. The molecule has 0 aliphatic rings. The third-order valence-electron chi connectivity index (χ3n) is 5.12. The van der Waals surface area contributed by atoms with Crippen molar-refractivity contribution in [1.82, 2.24) is 0 Å². The third kappa shape index (κ3) is 6.74. The lowest BCUT2D eigenvalue weighted by Crippen LogP contribution is -2.08. The molecule has 4 aromatic carbocycles. The van der Waals surface area contributed by atoms with Gasteiger partial charge < -0.3 is 19.1 Å². The first-order valence-corrected chi connectivity index (χ1v) is 11.4. The first-order valence-electron chi connectivity index (χ1n) is 11.4. The lowest BCUT2D eigenvalue weighted by molar-refractivity contribution is -0.217. The van der Waals surface area contributed by atoms with E-state index in [0.29, 0.717) is 36.0 Å². The molecule has 0 fully saturated rings. The molecule has 0 saturated heterocycles. The minimum absolute atomic E-state index is 0.288. The van der Waals surface area contributed by atoms with Crippen molar-refractivity contribution >= 4 is 16.7 Å². The Labute approximate surface area is 209 Å². The van der Waals surface area contributed by atoms with Gasteiger partial charge in [-0.2, -0.15) is 4.89 Å². The molecule has 36 heavy (non-hydrogen) atoms. The van der Waals surface area contributed by atoms with Crippen LogP contribution >= 0.6 is 0 Å². The number of ether oxygens (including phenoxy) is 3. The zero-order chi connectivity index (χ0) is 25.2. The van der Waals surface area contributed by atoms with Gasteiger partial charge in [-0.3, -0.25) is 0 Å². The van der Waals surface area contributed by atoms with E-state index >= 15 is 0 Å². The number of benzene rings is 4. The average Bonchev–Trinajstić information content (AvgIpc) is 2.91. The van der Waals surface area contributed by atoms with Gasteiger partial charge >= 0.3 is 5.97 Å². The molecule has 182 valence electrons. The summed E-state index contributed by atoms with van der Waals surface area (Å²) < 4.78 is 16.4. The number of fused-ring (bicyclic) bond motifs is 1. The summed E-state index contributed by atoms with van der Waals surface area (Å²) in [5, 5.41) is 1.82. The molecule has 0 unspecified atom stereocenters. The number of hydrogen-bond acceptors (Lipinski definition) is 6. The van der Waals surface area contributed by atoms with Crippen molar-refractivity contribution in [2.45, 2.75) is 6.61 Å². The summed E-state index contributed by atoms with van der Waals surface area (Å²) in [6.45, 7) is 8.40. The van der Waals surface area contributed by atoms with Crippen LogP contribution in [0.25, 0.3) is 10.8 Å². The van der Waals surface area contributed by atoms with E-state index in [4.69, 9.17) is 24.0 Å². The number of rotatable bonds is 12. The van der Waals surface area contributed by atoms with Gasteiger partial charge in [0.1, 0.15) is 37.1 Å². The lowest BCUT2D eigenvalue weighted by atomic mass is 10.1. The van der Waals surface area contributed by atoms with Crippen LogP contribution in [0.2, 0.25) is 0 Å². The van der Waals surface area contributed by atoms with Crippen LogP contribution in [0.4, 0.5) is 0 Å². The van der Waals surface area contributed by atoms with Crippen LogP contribution in [0, 0.1) is 0 Å².